The molecule has 1 atom stereocenters. The fraction of sp³-hybridized carbons (Fsp3) is 0.294. The van der Waals surface area contributed by atoms with Gasteiger partial charge in [0.15, 0.2) is 0 Å². The molecule has 0 radical (unpaired) electrons. The van der Waals surface area contributed by atoms with Crippen molar-refractivity contribution >= 4 is 5.69 Å². The normalized spacial score (nSPS) is 21.6. The van der Waals surface area contributed by atoms with Crippen molar-refractivity contribution in [1.82, 2.24) is 4.48 Å². The molecule has 19 heavy (non-hydrogen) atoms. The average Bonchev–Trinajstić information content (AvgIpc) is 2.39. The third-order valence-electron chi connectivity index (χ3n) is 3.89. The molecule has 0 bridgehead atoms. The van der Waals surface area contributed by atoms with Crippen LogP contribution in [0.5, 0.6) is 5.75 Å². The highest BCUT2D eigenvalue weighted by Crippen LogP contribution is 2.35. The van der Waals surface area contributed by atoms with Gasteiger partial charge in [0.2, 0.25) is 6.73 Å². The number of hydrogen-bond donors (Lipinski definition) is 0. The molecule has 2 heteroatoms. The van der Waals surface area contributed by atoms with Crippen LogP contribution in [0.1, 0.15) is 16.7 Å². The van der Waals surface area contributed by atoms with Crippen LogP contribution in [0.2, 0.25) is 0 Å². The molecule has 0 aromatic heterocycles. The second kappa shape index (κ2) is 4.39. The number of aryl methyl sites for hydroxylation is 2. The lowest BCUT2D eigenvalue weighted by Crippen LogP contribution is -2.49. The van der Waals surface area contributed by atoms with E-state index in [9.17, 15) is 0 Å². The van der Waals surface area contributed by atoms with Crippen LogP contribution in [0.3, 0.4) is 0 Å². The van der Waals surface area contributed by atoms with Gasteiger partial charge in [0.1, 0.15) is 18.0 Å². The first-order valence-electron chi connectivity index (χ1n) is 6.72. The summed E-state index contributed by atoms with van der Waals surface area (Å²) in [5.41, 5.74) is 5.16. The molecule has 0 aliphatic carbocycles. The van der Waals surface area contributed by atoms with Crippen LogP contribution in [-0.2, 0) is 6.54 Å². The fourth-order valence-corrected chi connectivity index (χ4v) is 2.95. The first-order valence-corrected chi connectivity index (χ1v) is 6.72. The number of benzene rings is 2. The van der Waals surface area contributed by atoms with E-state index in [4.69, 9.17) is 4.74 Å². The molecule has 98 valence electrons. The Morgan fingerprint density at radius 2 is 1.79 bits per heavy atom. The highest BCUT2D eigenvalue weighted by atomic mass is 16.5. The number of hydrogen-bond acceptors (Lipinski definition) is 1. The van der Waals surface area contributed by atoms with Crippen LogP contribution in [0.15, 0.2) is 42.5 Å². The number of fused-ring (bicyclic) bond motifs is 1. The number of para-hydroxylation sites is 1. The number of ether oxygens (including phenoxy) is 1. The van der Waals surface area contributed by atoms with Gasteiger partial charge in [-0.05, 0) is 37.6 Å². The van der Waals surface area contributed by atoms with Gasteiger partial charge in [0.25, 0.3) is 0 Å². The zero-order valence-corrected chi connectivity index (χ0v) is 11.8. The van der Waals surface area contributed by atoms with Gasteiger partial charge in [-0.3, -0.25) is 4.48 Å². The van der Waals surface area contributed by atoms with E-state index in [1.807, 2.05) is 0 Å². The Hall–Kier alpha value is -1.80. The average molecular weight is 254 g/mol. The second-order valence-corrected chi connectivity index (χ2v) is 5.73. The molecule has 0 amide bonds. The summed E-state index contributed by atoms with van der Waals surface area (Å²) in [7, 11) is 2.23. The summed E-state index contributed by atoms with van der Waals surface area (Å²) < 4.78 is 6.85. The maximum Gasteiger partial charge on any atom is 0.228 e. The fourth-order valence-electron chi connectivity index (χ4n) is 2.95. The Labute approximate surface area is 114 Å². The van der Waals surface area contributed by atoms with E-state index in [0.717, 1.165) is 16.8 Å². The third kappa shape index (κ3) is 2.13. The molecule has 3 rings (SSSR count). The minimum absolute atomic E-state index is 0.695. The first-order chi connectivity index (χ1) is 9.08. The van der Waals surface area contributed by atoms with Crippen molar-refractivity contribution < 1.29 is 4.74 Å². The van der Waals surface area contributed by atoms with Crippen molar-refractivity contribution in [3.8, 4) is 5.75 Å². The van der Waals surface area contributed by atoms with E-state index in [1.165, 1.54) is 22.4 Å². The zero-order chi connectivity index (χ0) is 13.5. The van der Waals surface area contributed by atoms with E-state index < -0.39 is 0 Å². The first kappa shape index (κ1) is 12.2. The zero-order valence-electron chi connectivity index (χ0n) is 11.8. The lowest BCUT2D eigenvalue weighted by Gasteiger charge is -2.38. The molecule has 0 saturated carbocycles. The van der Waals surface area contributed by atoms with Crippen molar-refractivity contribution in [3.63, 3.8) is 0 Å². The van der Waals surface area contributed by atoms with Crippen molar-refractivity contribution in [2.75, 3.05) is 13.8 Å². The molecule has 1 aliphatic heterocycles. The van der Waals surface area contributed by atoms with E-state index >= 15 is 0 Å². The van der Waals surface area contributed by atoms with Gasteiger partial charge in [0.05, 0.1) is 7.05 Å². The Kier molecular flexibility index (Phi) is 2.83. The van der Waals surface area contributed by atoms with Gasteiger partial charge in [-0.15, -0.1) is 0 Å². The lowest BCUT2D eigenvalue weighted by atomic mass is 10.0. The largest absolute Gasteiger partial charge is 0.444 e. The van der Waals surface area contributed by atoms with Gasteiger partial charge in [0, 0.05) is 5.56 Å². The van der Waals surface area contributed by atoms with Crippen LogP contribution in [0.25, 0.3) is 0 Å². The van der Waals surface area contributed by atoms with E-state index in [-0.39, 0.29) is 0 Å². The Balaban J connectivity index is 2.02. The summed E-state index contributed by atoms with van der Waals surface area (Å²) in [6, 6.07) is 15.0. The minimum atomic E-state index is 0.695. The molecule has 2 aromatic rings. The van der Waals surface area contributed by atoms with E-state index in [0.29, 0.717) is 6.73 Å². The quantitative estimate of drug-likeness (QED) is 0.703. The number of rotatable bonds is 1. The summed E-state index contributed by atoms with van der Waals surface area (Å²) >= 11 is 0. The molecule has 2 nitrogen and oxygen atoms in total. The molecule has 1 heterocycles. The molecular formula is C17H20NO+. The minimum Gasteiger partial charge on any atom is -0.444 e. The third-order valence-corrected chi connectivity index (χ3v) is 3.89. The van der Waals surface area contributed by atoms with E-state index in [2.05, 4.69) is 63.4 Å². The molecule has 1 unspecified atom stereocenters. The number of nitrogens with zero attached hydrogens (tertiary/aromatic N) is 1. The Bertz CT molecular complexity index is 606. The van der Waals surface area contributed by atoms with Crippen LogP contribution >= 0.6 is 0 Å². The van der Waals surface area contributed by atoms with Gasteiger partial charge < -0.3 is 4.74 Å². The Morgan fingerprint density at radius 3 is 2.53 bits per heavy atom. The molecule has 2 aromatic carbocycles. The maximum atomic E-state index is 6.05. The van der Waals surface area contributed by atoms with Crippen LogP contribution in [0.4, 0.5) is 5.69 Å². The SMILES string of the molecule is Cc1cc(C)c2c(c1)C[N+](C)(c1ccccc1)CO2. The van der Waals surface area contributed by atoms with Crippen LogP contribution in [-0.4, -0.2) is 13.8 Å². The second-order valence-electron chi connectivity index (χ2n) is 5.73. The highest BCUT2D eigenvalue weighted by molar-refractivity contribution is 5.49. The van der Waals surface area contributed by atoms with Crippen LogP contribution < -0.4 is 9.22 Å². The number of quaternary nitrogens is 1. The lowest BCUT2D eigenvalue weighted by molar-refractivity contribution is 0.123. The van der Waals surface area contributed by atoms with Gasteiger partial charge in [-0.1, -0.05) is 29.8 Å². The molecule has 0 spiro atoms. The highest BCUT2D eigenvalue weighted by Gasteiger charge is 2.32. The van der Waals surface area contributed by atoms with Gasteiger partial charge in [-0.25, -0.2) is 0 Å². The summed E-state index contributed by atoms with van der Waals surface area (Å²) in [4.78, 5) is 0. The summed E-state index contributed by atoms with van der Waals surface area (Å²) in [6.07, 6.45) is 0. The molecule has 1 aliphatic rings. The van der Waals surface area contributed by atoms with Crippen LogP contribution in [0, 0.1) is 13.8 Å². The predicted molar refractivity (Wildman–Crippen MR) is 79.3 cm³/mol. The monoisotopic (exact) mass is 254 g/mol. The van der Waals surface area contributed by atoms with Crippen molar-refractivity contribution in [2.45, 2.75) is 20.4 Å². The summed E-state index contributed by atoms with van der Waals surface area (Å²) in [5.74, 6) is 1.08. The molecule has 0 N–H and O–H groups in total. The van der Waals surface area contributed by atoms with Gasteiger partial charge >= 0.3 is 0 Å². The predicted octanol–water partition coefficient (Wildman–Crippen LogP) is 3.79. The summed E-state index contributed by atoms with van der Waals surface area (Å²) in [6.45, 7) is 5.96. The smallest absolute Gasteiger partial charge is 0.228 e. The van der Waals surface area contributed by atoms with E-state index in [1.54, 1.807) is 0 Å². The standard InChI is InChI=1S/C17H20NO/c1-13-9-14(2)17-15(10-13)11-18(3,12-19-17)16-7-5-4-6-8-16/h4-10H,11-12H2,1-3H3/q+1. The summed E-state index contributed by atoms with van der Waals surface area (Å²) in [5, 5.41) is 0. The maximum absolute atomic E-state index is 6.05. The molecule has 0 fully saturated rings. The van der Waals surface area contributed by atoms with Crippen molar-refractivity contribution in [1.29, 1.82) is 0 Å². The molecular weight excluding hydrogens is 234 g/mol. The van der Waals surface area contributed by atoms with Crippen molar-refractivity contribution in [2.24, 2.45) is 0 Å². The molecule has 0 saturated heterocycles. The Morgan fingerprint density at radius 1 is 1.05 bits per heavy atom. The van der Waals surface area contributed by atoms with Gasteiger partial charge in [-0.2, -0.15) is 0 Å². The topological polar surface area (TPSA) is 9.23 Å². The van der Waals surface area contributed by atoms with Crippen molar-refractivity contribution in [3.05, 3.63) is 59.2 Å².